The summed E-state index contributed by atoms with van der Waals surface area (Å²) < 4.78 is 5.62. The van der Waals surface area contributed by atoms with Gasteiger partial charge in [-0.2, -0.15) is 0 Å². The van der Waals surface area contributed by atoms with Crippen molar-refractivity contribution in [3.8, 4) is 0 Å². The normalized spacial score (nSPS) is 19.4. The highest BCUT2D eigenvalue weighted by molar-refractivity contribution is 5.26. The van der Waals surface area contributed by atoms with Gasteiger partial charge in [0.05, 0.1) is 13.2 Å². The van der Waals surface area contributed by atoms with Crippen molar-refractivity contribution in [2.24, 2.45) is 5.92 Å². The van der Waals surface area contributed by atoms with Crippen LogP contribution in [0.3, 0.4) is 0 Å². The monoisotopic (exact) mass is 416 g/mol. The van der Waals surface area contributed by atoms with E-state index < -0.39 is 0 Å². The molecule has 0 spiro atoms. The van der Waals surface area contributed by atoms with E-state index in [1.54, 1.807) is 5.56 Å². The molecule has 0 aromatic heterocycles. The summed E-state index contributed by atoms with van der Waals surface area (Å²) >= 11 is 0. The molecule has 1 aliphatic carbocycles. The van der Waals surface area contributed by atoms with E-state index in [-0.39, 0.29) is 0 Å². The molecule has 0 amide bonds. The summed E-state index contributed by atoms with van der Waals surface area (Å²) in [5.74, 6) is 1.58. The quantitative estimate of drug-likeness (QED) is 0.265. The van der Waals surface area contributed by atoms with Gasteiger partial charge < -0.3 is 4.74 Å². The molecule has 3 rings (SSSR count). The van der Waals surface area contributed by atoms with Crippen LogP contribution < -0.4 is 0 Å². The molecule has 2 aromatic rings. The molecule has 0 unspecified atom stereocenters. The SMILES string of the molecule is C/C=C\C1CCC(c2ccc(CCCCc3ccc(COC/C=C/C)cc3)cc2)CC1. The highest BCUT2D eigenvalue weighted by Gasteiger charge is 2.20. The Morgan fingerprint density at radius 1 is 0.742 bits per heavy atom. The van der Waals surface area contributed by atoms with Crippen LogP contribution >= 0.6 is 0 Å². The van der Waals surface area contributed by atoms with Crippen LogP contribution in [0.4, 0.5) is 0 Å². The lowest BCUT2D eigenvalue weighted by molar-refractivity contribution is 0.148. The molecule has 0 aliphatic heterocycles. The highest BCUT2D eigenvalue weighted by Crippen LogP contribution is 2.36. The number of hydrogen-bond acceptors (Lipinski definition) is 1. The topological polar surface area (TPSA) is 9.23 Å². The predicted molar refractivity (Wildman–Crippen MR) is 134 cm³/mol. The second-order valence-electron chi connectivity index (χ2n) is 8.99. The lowest BCUT2D eigenvalue weighted by Crippen LogP contribution is -2.11. The van der Waals surface area contributed by atoms with E-state index in [2.05, 4.69) is 67.6 Å². The van der Waals surface area contributed by atoms with Crippen molar-refractivity contribution in [1.82, 2.24) is 0 Å². The van der Waals surface area contributed by atoms with Crippen LogP contribution in [0.5, 0.6) is 0 Å². The molecule has 0 N–H and O–H groups in total. The lowest BCUT2D eigenvalue weighted by Gasteiger charge is -2.27. The zero-order valence-electron chi connectivity index (χ0n) is 19.6. The first kappa shape index (κ1) is 23.5. The first-order valence-electron chi connectivity index (χ1n) is 12.3. The Morgan fingerprint density at radius 2 is 1.32 bits per heavy atom. The minimum absolute atomic E-state index is 0.691. The van der Waals surface area contributed by atoms with Crippen LogP contribution in [0.1, 0.15) is 80.5 Å². The van der Waals surface area contributed by atoms with Gasteiger partial charge in [0.1, 0.15) is 0 Å². The van der Waals surface area contributed by atoms with Gasteiger partial charge in [0.15, 0.2) is 0 Å². The minimum atomic E-state index is 0.691. The molecule has 1 aliphatic rings. The van der Waals surface area contributed by atoms with Gasteiger partial charge in [0, 0.05) is 0 Å². The summed E-state index contributed by atoms with van der Waals surface area (Å²) in [5, 5.41) is 0. The second kappa shape index (κ2) is 13.3. The van der Waals surface area contributed by atoms with Crippen molar-refractivity contribution >= 4 is 0 Å². The van der Waals surface area contributed by atoms with Crippen LogP contribution in [-0.2, 0) is 24.2 Å². The van der Waals surface area contributed by atoms with E-state index >= 15 is 0 Å². The summed E-state index contributed by atoms with van der Waals surface area (Å²) in [6.45, 7) is 5.55. The average Bonchev–Trinajstić information content (AvgIpc) is 2.82. The van der Waals surface area contributed by atoms with Gasteiger partial charge in [-0.1, -0.05) is 72.8 Å². The number of benzene rings is 2. The fourth-order valence-corrected chi connectivity index (χ4v) is 4.68. The predicted octanol–water partition coefficient (Wildman–Crippen LogP) is 8.19. The molecule has 31 heavy (non-hydrogen) atoms. The Balaban J connectivity index is 1.34. The summed E-state index contributed by atoms with van der Waals surface area (Å²) in [4.78, 5) is 0. The Bertz CT molecular complexity index is 789. The standard InChI is InChI=1S/C30H40O/c1-3-5-23-31-24-28-13-11-26(12-14-28)9-6-7-10-27-17-21-30(22-18-27)29-19-15-25(8-4-2)16-20-29/h3-5,8,11-14,17-18,21-22,25,29H,6-7,9-10,15-16,19-20,23-24H2,1-2H3/b5-3+,8-4-. The van der Waals surface area contributed by atoms with Crippen LogP contribution in [0, 0.1) is 5.92 Å². The van der Waals surface area contributed by atoms with Gasteiger partial charge in [-0.25, -0.2) is 0 Å². The molecule has 0 atom stereocenters. The summed E-state index contributed by atoms with van der Waals surface area (Å²) in [5.41, 5.74) is 5.72. The Labute approximate surface area is 190 Å². The van der Waals surface area contributed by atoms with Crippen molar-refractivity contribution in [3.05, 3.63) is 95.1 Å². The molecular weight excluding hydrogens is 376 g/mol. The zero-order chi connectivity index (χ0) is 21.7. The van der Waals surface area contributed by atoms with Crippen molar-refractivity contribution in [2.45, 2.75) is 77.7 Å². The third-order valence-electron chi connectivity index (χ3n) is 6.61. The van der Waals surface area contributed by atoms with Crippen LogP contribution in [0.2, 0.25) is 0 Å². The molecule has 0 radical (unpaired) electrons. The van der Waals surface area contributed by atoms with E-state index in [9.17, 15) is 0 Å². The molecule has 1 saturated carbocycles. The molecule has 2 aromatic carbocycles. The van der Waals surface area contributed by atoms with Gasteiger partial charge in [0.25, 0.3) is 0 Å². The molecule has 0 heterocycles. The maximum Gasteiger partial charge on any atom is 0.0721 e. The molecule has 1 fully saturated rings. The summed E-state index contributed by atoms with van der Waals surface area (Å²) in [7, 11) is 0. The maximum absolute atomic E-state index is 5.62. The zero-order valence-corrected chi connectivity index (χ0v) is 19.6. The third kappa shape index (κ3) is 8.15. The Morgan fingerprint density at radius 3 is 1.90 bits per heavy atom. The van der Waals surface area contributed by atoms with Gasteiger partial charge in [-0.15, -0.1) is 0 Å². The Hall–Kier alpha value is -2.12. The van der Waals surface area contributed by atoms with Crippen LogP contribution in [-0.4, -0.2) is 6.61 Å². The van der Waals surface area contributed by atoms with Gasteiger partial charge >= 0.3 is 0 Å². The average molecular weight is 417 g/mol. The van der Waals surface area contributed by atoms with E-state index in [0.29, 0.717) is 13.2 Å². The van der Waals surface area contributed by atoms with Gasteiger partial charge in [-0.05, 0) is 99.3 Å². The first-order valence-corrected chi connectivity index (χ1v) is 12.3. The van der Waals surface area contributed by atoms with E-state index in [1.807, 2.05) is 19.1 Å². The van der Waals surface area contributed by atoms with Crippen molar-refractivity contribution < 1.29 is 4.74 Å². The van der Waals surface area contributed by atoms with E-state index in [0.717, 1.165) is 18.3 Å². The summed E-state index contributed by atoms with van der Waals surface area (Å²) in [6, 6.07) is 18.5. The highest BCUT2D eigenvalue weighted by atomic mass is 16.5. The van der Waals surface area contributed by atoms with Gasteiger partial charge in [-0.3, -0.25) is 0 Å². The van der Waals surface area contributed by atoms with Crippen molar-refractivity contribution in [2.75, 3.05) is 6.61 Å². The number of ether oxygens (including phenoxy) is 1. The largest absolute Gasteiger partial charge is 0.373 e. The van der Waals surface area contributed by atoms with Gasteiger partial charge in [0.2, 0.25) is 0 Å². The number of allylic oxidation sites excluding steroid dienone is 3. The third-order valence-corrected chi connectivity index (χ3v) is 6.61. The smallest absolute Gasteiger partial charge is 0.0721 e. The number of hydrogen-bond donors (Lipinski definition) is 0. The first-order chi connectivity index (χ1) is 15.3. The molecule has 0 bridgehead atoms. The molecule has 1 nitrogen and oxygen atoms in total. The fourth-order valence-electron chi connectivity index (χ4n) is 4.68. The maximum atomic E-state index is 5.62. The van der Waals surface area contributed by atoms with Crippen LogP contribution in [0.15, 0.2) is 72.8 Å². The number of unbranched alkanes of at least 4 members (excludes halogenated alkanes) is 1. The summed E-state index contributed by atoms with van der Waals surface area (Å²) in [6.07, 6.45) is 18.9. The van der Waals surface area contributed by atoms with Crippen LogP contribution in [0.25, 0.3) is 0 Å². The van der Waals surface area contributed by atoms with E-state index in [4.69, 9.17) is 4.74 Å². The number of rotatable bonds is 11. The Kier molecular flexibility index (Phi) is 10.1. The van der Waals surface area contributed by atoms with Crippen molar-refractivity contribution in [3.63, 3.8) is 0 Å². The lowest BCUT2D eigenvalue weighted by atomic mass is 9.78. The fraction of sp³-hybridized carbons (Fsp3) is 0.467. The molecule has 0 saturated heterocycles. The molecular formula is C30H40O. The molecule has 1 heteroatoms. The molecule has 166 valence electrons. The van der Waals surface area contributed by atoms with Crippen molar-refractivity contribution in [1.29, 1.82) is 0 Å². The second-order valence-corrected chi connectivity index (χ2v) is 8.99. The minimum Gasteiger partial charge on any atom is -0.373 e. The number of aryl methyl sites for hydroxylation is 2. The van der Waals surface area contributed by atoms with E-state index in [1.165, 1.54) is 61.6 Å².